The number of hydrogen-bond donors (Lipinski definition) is 1. The molecule has 2 aromatic rings. The van der Waals surface area contributed by atoms with Crippen LogP contribution in [0, 0.1) is 6.92 Å². The third-order valence-electron chi connectivity index (χ3n) is 3.49. The Labute approximate surface area is 112 Å². The minimum Gasteiger partial charge on any atom is -0.444 e. The van der Waals surface area contributed by atoms with Crippen molar-refractivity contribution in [3.63, 3.8) is 0 Å². The standard InChI is InChI=1S/C14H18N4O/c1-9-7-15-14(19-9)10(2)18-13-11-5-3-4-6-12(11)16-8-17-13/h7-8,10H,3-6H2,1-2H3,(H,16,17,18). The van der Waals surface area contributed by atoms with Crippen molar-refractivity contribution in [1.82, 2.24) is 15.0 Å². The van der Waals surface area contributed by atoms with Crippen molar-refractivity contribution in [2.45, 2.75) is 45.6 Å². The van der Waals surface area contributed by atoms with Gasteiger partial charge in [0.05, 0.1) is 6.20 Å². The fraction of sp³-hybridized carbons (Fsp3) is 0.500. The Morgan fingerprint density at radius 3 is 2.84 bits per heavy atom. The molecule has 0 amide bonds. The van der Waals surface area contributed by atoms with Gasteiger partial charge in [-0.1, -0.05) is 0 Å². The summed E-state index contributed by atoms with van der Waals surface area (Å²) >= 11 is 0. The molecule has 0 fully saturated rings. The number of hydrogen-bond acceptors (Lipinski definition) is 5. The predicted molar refractivity (Wildman–Crippen MR) is 72.0 cm³/mol. The van der Waals surface area contributed by atoms with Gasteiger partial charge >= 0.3 is 0 Å². The molecule has 1 aliphatic rings. The molecule has 5 heteroatoms. The van der Waals surface area contributed by atoms with Gasteiger partial charge in [0.2, 0.25) is 5.89 Å². The Morgan fingerprint density at radius 1 is 1.21 bits per heavy atom. The highest BCUT2D eigenvalue weighted by Crippen LogP contribution is 2.27. The van der Waals surface area contributed by atoms with Crippen molar-refractivity contribution in [3.05, 3.63) is 35.4 Å². The molecule has 1 unspecified atom stereocenters. The highest BCUT2D eigenvalue weighted by molar-refractivity contribution is 5.47. The monoisotopic (exact) mass is 258 g/mol. The quantitative estimate of drug-likeness (QED) is 0.917. The molecule has 0 aromatic carbocycles. The number of rotatable bonds is 3. The van der Waals surface area contributed by atoms with Gasteiger partial charge in [0.1, 0.15) is 23.9 Å². The number of fused-ring (bicyclic) bond motifs is 1. The molecule has 0 saturated heterocycles. The van der Waals surface area contributed by atoms with E-state index in [0.717, 1.165) is 24.4 Å². The van der Waals surface area contributed by atoms with E-state index in [1.54, 1.807) is 12.5 Å². The van der Waals surface area contributed by atoms with Crippen molar-refractivity contribution in [2.24, 2.45) is 0 Å². The number of aryl methyl sites for hydroxylation is 2. The number of nitrogens with one attached hydrogen (secondary N) is 1. The van der Waals surface area contributed by atoms with E-state index in [1.807, 2.05) is 13.8 Å². The van der Waals surface area contributed by atoms with Gasteiger partial charge in [-0.25, -0.2) is 15.0 Å². The zero-order valence-electron chi connectivity index (χ0n) is 11.3. The summed E-state index contributed by atoms with van der Waals surface area (Å²) in [5.41, 5.74) is 2.43. The third kappa shape index (κ3) is 2.45. The average Bonchev–Trinajstić information content (AvgIpc) is 2.86. The van der Waals surface area contributed by atoms with E-state index in [1.165, 1.54) is 24.1 Å². The Bertz CT molecular complexity index is 579. The van der Waals surface area contributed by atoms with E-state index in [9.17, 15) is 0 Å². The van der Waals surface area contributed by atoms with Gasteiger partial charge in [-0.3, -0.25) is 0 Å². The second-order valence-corrected chi connectivity index (χ2v) is 5.03. The fourth-order valence-electron chi connectivity index (χ4n) is 2.48. The zero-order chi connectivity index (χ0) is 13.2. The summed E-state index contributed by atoms with van der Waals surface area (Å²) in [5.74, 6) is 2.45. The van der Waals surface area contributed by atoms with Crippen LogP contribution >= 0.6 is 0 Å². The van der Waals surface area contributed by atoms with E-state index in [0.29, 0.717) is 5.89 Å². The van der Waals surface area contributed by atoms with Crippen LogP contribution in [0.1, 0.15) is 48.7 Å². The second-order valence-electron chi connectivity index (χ2n) is 5.03. The van der Waals surface area contributed by atoms with Crippen LogP contribution in [-0.4, -0.2) is 15.0 Å². The smallest absolute Gasteiger partial charge is 0.216 e. The first-order valence-electron chi connectivity index (χ1n) is 6.75. The predicted octanol–water partition coefficient (Wildman–Crippen LogP) is 2.82. The van der Waals surface area contributed by atoms with Gasteiger partial charge < -0.3 is 9.73 Å². The van der Waals surface area contributed by atoms with E-state index in [-0.39, 0.29) is 6.04 Å². The lowest BCUT2D eigenvalue weighted by Gasteiger charge is -2.19. The Balaban J connectivity index is 1.83. The van der Waals surface area contributed by atoms with Gasteiger partial charge in [0, 0.05) is 11.3 Å². The van der Waals surface area contributed by atoms with Crippen LogP contribution in [-0.2, 0) is 12.8 Å². The van der Waals surface area contributed by atoms with Crippen molar-refractivity contribution < 1.29 is 4.42 Å². The molecule has 5 nitrogen and oxygen atoms in total. The maximum atomic E-state index is 5.54. The van der Waals surface area contributed by atoms with Gasteiger partial charge in [0.25, 0.3) is 0 Å². The summed E-state index contributed by atoms with van der Waals surface area (Å²) in [4.78, 5) is 13.0. The molecule has 100 valence electrons. The average molecular weight is 258 g/mol. The SMILES string of the molecule is Cc1cnc(C(C)Nc2ncnc3c2CCCC3)o1. The number of aromatic nitrogens is 3. The summed E-state index contributed by atoms with van der Waals surface area (Å²) in [6, 6.07) is 0.00891. The molecule has 0 bridgehead atoms. The minimum absolute atomic E-state index is 0.00891. The van der Waals surface area contributed by atoms with Crippen molar-refractivity contribution in [2.75, 3.05) is 5.32 Å². The van der Waals surface area contributed by atoms with Crippen LogP contribution < -0.4 is 5.32 Å². The van der Waals surface area contributed by atoms with Crippen LogP contribution in [0.3, 0.4) is 0 Å². The summed E-state index contributed by atoms with van der Waals surface area (Å²) in [7, 11) is 0. The van der Waals surface area contributed by atoms with Crippen LogP contribution in [0.25, 0.3) is 0 Å². The number of oxazole rings is 1. The molecule has 2 heterocycles. The number of anilines is 1. The molecular formula is C14H18N4O. The molecule has 19 heavy (non-hydrogen) atoms. The summed E-state index contributed by atoms with van der Waals surface area (Å²) < 4.78 is 5.54. The maximum Gasteiger partial charge on any atom is 0.216 e. The molecule has 0 spiro atoms. The van der Waals surface area contributed by atoms with Gasteiger partial charge in [-0.05, 0) is 39.5 Å². The molecule has 3 rings (SSSR count). The highest BCUT2D eigenvalue weighted by Gasteiger charge is 2.18. The molecule has 0 saturated carbocycles. The summed E-state index contributed by atoms with van der Waals surface area (Å²) in [6.45, 7) is 3.93. The molecule has 2 aromatic heterocycles. The lowest BCUT2D eigenvalue weighted by molar-refractivity contribution is 0.453. The Kier molecular flexibility index (Phi) is 3.19. The molecule has 1 N–H and O–H groups in total. The van der Waals surface area contributed by atoms with Crippen molar-refractivity contribution in [3.8, 4) is 0 Å². The minimum atomic E-state index is 0.00891. The highest BCUT2D eigenvalue weighted by atomic mass is 16.4. The lowest BCUT2D eigenvalue weighted by Crippen LogP contribution is -2.14. The summed E-state index contributed by atoms with van der Waals surface area (Å²) in [5, 5.41) is 3.39. The molecule has 0 aliphatic heterocycles. The summed E-state index contributed by atoms with van der Waals surface area (Å²) in [6.07, 6.45) is 7.91. The second kappa shape index (κ2) is 4.99. The van der Waals surface area contributed by atoms with E-state index >= 15 is 0 Å². The van der Waals surface area contributed by atoms with E-state index in [2.05, 4.69) is 20.3 Å². The Morgan fingerprint density at radius 2 is 2.05 bits per heavy atom. The Hall–Kier alpha value is -1.91. The van der Waals surface area contributed by atoms with Crippen LogP contribution in [0.4, 0.5) is 5.82 Å². The third-order valence-corrected chi connectivity index (χ3v) is 3.49. The van der Waals surface area contributed by atoms with Crippen LogP contribution in [0.15, 0.2) is 16.9 Å². The largest absolute Gasteiger partial charge is 0.444 e. The first kappa shape index (κ1) is 12.1. The van der Waals surface area contributed by atoms with E-state index in [4.69, 9.17) is 4.42 Å². The zero-order valence-corrected chi connectivity index (χ0v) is 11.3. The number of nitrogens with zero attached hydrogens (tertiary/aromatic N) is 3. The van der Waals surface area contributed by atoms with Crippen molar-refractivity contribution in [1.29, 1.82) is 0 Å². The van der Waals surface area contributed by atoms with Crippen LogP contribution in [0.2, 0.25) is 0 Å². The van der Waals surface area contributed by atoms with Gasteiger partial charge in [-0.15, -0.1) is 0 Å². The van der Waals surface area contributed by atoms with Crippen molar-refractivity contribution >= 4 is 5.82 Å². The normalized spacial score (nSPS) is 15.9. The van der Waals surface area contributed by atoms with E-state index < -0.39 is 0 Å². The van der Waals surface area contributed by atoms with Gasteiger partial charge in [0.15, 0.2) is 0 Å². The molecule has 0 radical (unpaired) electrons. The lowest BCUT2D eigenvalue weighted by atomic mass is 9.96. The topological polar surface area (TPSA) is 63.8 Å². The fourth-order valence-corrected chi connectivity index (χ4v) is 2.48. The first-order chi connectivity index (χ1) is 9.24. The molecular weight excluding hydrogens is 240 g/mol. The first-order valence-corrected chi connectivity index (χ1v) is 6.75. The maximum absolute atomic E-state index is 5.54. The van der Waals surface area contributed by atoms with Crippen LogP contribution in [0.5, 0.6) is 0 Å². The molecule has 1 atom stereocenters. The van der Waals surface area contributed by atoms with Gasteiger partial charge in [-0.2, -0.15) is 0 Å². The molecule has 1 aliphatic carbocycles.